The van der Waals surface area contributed by atoms with E-state index in [1.807, 2.05) is 19.2 Å². The highest BCUT2D eigenvalue weighted by Gasteiger charge is 2.19. The van der Waals surface area contributed by atoms with E-state index >= 15 is 0 Å². The third kappa shape index (κ3) is 3.00. The third-order valence-corrected chi connectivity index (χ3v) is 2.36. The first kappa shape index (κ1) is 9.46. The van der Waals surface area contributed by atoms with Gasteiger partial charge in [0.25, 0.3) is 0 Å². The van der Waals surface area contributed by atoms with Crippen LogP contribution in [0.3, 0.4) is 0 Å². The zero-order valence-corrected chi connectivity index (χ0v) is 8.59. The highest BCUT2D eigenvalue weighted by atomic mass is 15.0. The second-order valence-corrected chi connectivity index (χ2v) is 3.84. The van der Waals surface area contributed by atoms with Crippen LogP contribution in [0.25, 0.3) is 0 Å². The summed E-state index contributed by atoms with van der Waals surface area (Å²) in [6, 6.07) is 4.87. The van der Waals surface area contributed by atoms with Crippen molar-refractivity contribution in [1.29, 1.82) is 0 Å². The predicted molar refractivity (Wildman–Crippen MR) is 58.5 cm³/mol. The first-order chi connectivity index (χ1) is 6.84. The fraction of sp³-hybridized carbons (Fsp3) is 0.545. The lowest BCUT2D eigenvalue weighted by Gasteiger charge is -2.07. The highest BCUT2D eigenvalue weighted by molar-refractivity contribution is 5.42. The van der Waals surface area contributed by atoms with E-state index in [1.54, 1.807) is 0 Å². The maximum atomic E-state index is 4.15. The maximum absolute atomic E-state index is 4.15. The first-order valence-corrected chi connectivity index (χ1v) is 5.24. The molecule has 0 atom stereocenters. The van der Waals surface area contributed by atoms with Gasteiger partial charge in [0.2, 0.25) is 0 Å². The average Bonchev–Trinajstić information content (AvgIpc) is 2.96. The van der Waals surface area contributed by atoms with E-state index in [4.69, 9.17) is 0 Å². The number of rotatable bonds is 5. The zero-order valence-electron chi connectivity index (χ0n) is 8.59. The highest BCUT2D eigenvalue weighted by Crippen LogP contribution is 2.17. The number of hydrogen-bond acceptors (Lipinski definition) is 3. The van der Waals surface area contributed by atoms with Gasteiger partial charge in [0, 0.05) is 36.7 Å². The normalized spacial score (nSPS) is 15.5. The van der Waals surface area contributed by atoms with Crippen molar-refractivity contribution in [2.24, 2.45) is 0 Å². The van der Waals surface area contributed by atoms with Crippen molar-refractivity contribution in [1.82, 2.24) is 10.3 Å². The Morgan fingerprint density at radius 1 is 1.43 bits per heavy atom. The molecule has 14 heavy (non-hydrogen) atoms. The fourth-order valence-electron chi connectivity index (χ4n) is 1.43. The Kier molecular flexibility index (Phi) is 2.99. The average molecular weight is 191 g/mol. The molecule has 0 aliphatic heterocycles. The largest absolute Gasteiger partial charge is 0.384 e. The van der Waals surface area contributed by atoms with Crippen LogP contribution in [-0.2, 0) is 0 Å². The second kappa shape index (κ2) is 4.42. The number of nitrogens with one attached hydrogen (secondary N) is 2. The van der Waals surface area contributed by atoms with E-state index in [1.165, 1.54) is 12.8 Å². The van der Waals surface area contributed by atoms with Crippen LogP contribution >= 0.6 is 0 Å². The molecule has 0 spiro atoms. The Morgan fingerprint density at radius 2 is 2.29 bits per heavy atom. The minimum absolute atomic E-state index is 0.802. The molecule has 1 aliphatic carbocycles. The van der Waals surface area contributed by atoms with E-state index in [0.717, 1.165) is 30.5 Å². The molecular weight excluding hydrogens is 174 g/mol. The molecule has 3 heteroatoms. The van der Waals surface area contributed by atoms with E-state index in [9.17, 15) is 0 Å². The van der Waals surface area contributed by atoms with Crippen LogP contribution in [0, 0.1) is 6.92 Å². The molecule has 3 nitrogen and oxygen atoms in total. The summed E-state index contributed by atoms with van der Waals surface area (Å²) >= 11 is 0. The molecule has 0 aromatic carbocycles. The Morgan fingerprint density at radius 3 is 3.00 bits per heavy atom. The van der Waals surface area contributed by atoms with Gasteiger partial charge in [-0.1, -0.05) is 0 Å². The summed E-state index contributed by atoms with van der Waals surface area (Å²) in [5, 5.41) is 6.83. The molecule has 0 bridgehead atoms. The minimum atomic E-state index is 0.802. The van der Waals surface area contributed by atoms with Gasteiger partial charge in [-0.3, -0.25) is 4.98 Å². The van der Waals surface area contributed by atoms with Gasteiger partial charge in [0.05, 0.1) is 0 Å². The first-order valence-electron chi connectivity index (χ1n) is 5.24. The lowest BCUT2D eigenvalue weighted by atomic mass is 10.3. The second-order valence-electron chi connectivity index (χ2n) is 3.84. The Balaban J connectivity index is 1.68. The number of pyridine rings is 1. The van der Waals surface area contributed by atoms with E-state index in [2.05, 4.69) is 21.7 Å². The van der Waals surface area contributed by atoms with Crippen LogP contribution in [0.2, 0.25) is 0 Å². The van der Waals surface area contributed by atoms with Crippen LogP contribution in [0.15, 0.2) is 18.3 Å². The molecule has 0 unspecified atom stereocenters. The van der Waals surface area contributed by atoms with Crippen molar-refractivity contribution >= 4 is 5.69 Å². The lowest BCUT2D eigenvalue weighted by Crippen LogP contribution is -2.23. The number of hydrogen-bond donors (Lipinski definition) is 2. The summed E-state index contributed by atoms with van der Waals surface area (Å²) < 4.78 is 0. The monoisotopic (exact) mass is 191 g/mol. The molecule has 0 radical (unpaired) electrons. The summed E-state index contributed by atoms with van der Waals surface area (Å²) in [4.78, 5) is 4.15. The SMILES string of the molecule is Cc1cc(NCCNC2CC2)ccn1. The zero-order chi connectivity index (χ0) is 9.80. The van der Waals surface area contributed by atoms with Crippen LogP contribution in [0.4, 0.5) is 5.69 Å². The Bertz CT molecular complexity index is 294. The van der Waals surface area contributed by atoms with Crippen molar-refractivity contribution in [2.45, 2.75) is 25.8 Å². The smallest absolute Gasteiger partial charge is 0.0393 e. The predicted octanol–water partition coefficient (Wildman–Crippen LogP) is 1.55. The van der Waals surface area contributed by atoms with Gasteiger partial charge < -0.3 is 10.6 Å². The summed E-state index contributed by atoms with van der Waals surface area (Å²) in [5.74, 6) is 0. The molecule has 0 amide bonds. The van der Waals surface area contributed by atoms with Crippen molar-refractivity contribution < 1.29 is 0 Å². The molecule has 1 aromatic rings. The standard InChI is InChI=1S/C11H17N3/c1-9-8-11(4-5-12-9)14-7-6-13-10-2-3-10/h4-5,8,10,13H,2-3,6-7H2,1H3,(H,12,14). The Hall–Kier alpha value is -1.09. The summed E-state index contributed by atoms with van der Waals surface area (Å²) in [7, 11) is 0. The molecule has 2 N–H and O–H groups in total. The molecule has 1 aliphatic rings. The minimum Gasteiger partial charge on any atom is -0.384 e. The van der Waals surface area contributed by atoms with Gasteiger partial charge in [-0.15, -0.1) is 0 Å². The number of aromatic nitrogens is 1. The lowest BCUT2D eigenvalue weighted by molar-refractivity contribution is 0.701. The van der Waals surface area contributed by atoms with Gasteiger partial charge in [0.15, 0.2) is 0 Å². The molecule has 1 heterocycles. The molecule has 1 fully saturated rings. The van der Waals surface area contributed by atoms with E-state index in [0.29, 0.717) is 0 Å². The van der Waals surface area contributed by atoms with E-state index in [-0.39, 0.29) is 0 Å². The van der Waals surface area contributed by atoms with Gasteiger partial charge in [-0.2, -0.15) is 0 Å². The number of nitrogens with zero attached hydrogens (tertiary/aromatic N) is 1. The fourth-order valence-corrected chi connectivity index (χ4v) is 1.43. The van der Waals surface area contributed by atoms with Gasteiger partial charge in [-0.25, -0.2) is 0 Å². The quantitative estimate of drug-likeness (QED) is 0.693. The third-order valence-electron chi connectivity index (χ3n) is 2.36. The van der Waals surface area contributed by atoms with E-state index < -0.39 is 0 Å². The van der Waals surface area contributed by atoms with Gasteiger partial charge in [0.1, 0.15) is 0 Å². The van der Waals surface area contributed by atoms with Gasteiger partial charge in [-0.05, 0) is 31.9 Å². The van der Waals surface area contributed by atoms with Gasteiger partial charge >= 0.3 is 0 Å². The van der Waals surface area contributed by atoms with Crippen molar-refractivity contribution in [3.63, 3.8) is 0 Å². The maximum Gasteiger partial charge on any atom is 0.0393 e. The van der Waals surface area contributed by atoms with Crippen LogP contribution in [0.5, 0.6) is 0 Å². The molecule has 76 valence electrons. The van der Waals surface area contributed by atoms with Crippen molar-refractivity contribution in [2.75, 3.05) is 18.4 Å². The molecule has 0 saturated heterocycles. The summed E-state index contributed by atoms with van der Waals surface area (Å²) in [6.07, 6.45) is 4.55. The molecule has 1 saturated carbocycles. The molecular formula is C11H17N3. The van der Waals surface area contributed by atoms with Crippen LogP contribution in [0.1, 0.15) is 18.5 Å². The van der Waals surface area contributed by atoms with Crippen molar-refractivity contribution in [3.05, 3.63) is 24.0 Å². The van der Waals surface area contributed by atoms with Crippen LogP contribution in [-0.4, -0.2) is 24.1 Å². The van der Waals surface area contributed by atoms with Crippen LogP contribution < -0.4 is 10.6 Å². The van der Waals surface area contributed by atoms with Crippen molar-refractivity contribution in [3.8, 4) is 0 Å². The molecule has 2 rings (SSSR count). The summed E-state index contributed by atoms with van der Waals surface area (Å²) in [6.45, 7) is 4.04. The molecule has 1 aromatic heterocycles. The number of anilines is 1. The number of aryl methyl sites for hydroxylation is 1. The Labute approximate surface area is 84.9 Å². The topological polar surface area (TPSA) is 37.0 Å². The summed E-state index contributed by atoms with van der Waals surface area (Å²) in [5.41, 5.74) is 2.22.